The molecule has 0 aliphatic rings. The molecule has 5 nitrogen and oxygen atoms in total. The molecule has 0 aliphatic carbocycles. The SMILES string of the molecule is O=C(NCc1ccc(F)cc1F)c1cc(-c2ccco2)[nH]n1. The summed E-state index contributed by atoms with van der Waals surface area (Å²) in [6.45, 7) is -0.0616. The van der Waals surface area contributed by atoms with E-state index in [9.17, 15) is 13.6 Å². The number of hydrogen-bond acceptors (Lipinski definition) is 3. The fourth-order valence-corrected chi connectivity index (χ4v) is 1.93. The highest BCUT2D eigenvalue weighted by Crippen LogP contribution is 2.17. The summed E-state index contributed by atoms with van der Waals surface area (Å²) in [5, 5.41) is 9.07. The van der Waals surface area contributed by atoms with Crippen LogP contribution in [-0.2, 0) is 6.54 Å². The van der Waals surface area contributed by atoms with E-state index < -0.39 is 17.5 Å². The number of carbonyl (C=O) groups excluding carboxylic acids is 1. The van der Waals surface area contributed by atoms with Gasteiger partial charge in [-0.05, 0) is 18.2 Å². The van der Waals surface area contributed by atoms with Crippen LogP contribution in [0.4, 0.5) is 8.78 Å². The Bertz CT molecular complexity index is 797. The maximum Gasteiger partial charge on any atom is 0.272 e. The number of hydrogen-bond donors (Lipinski definition) is 2. The van der Waals surface area contributed by atoms with E-state index in [-0.39, 0.29) is 17.8 Å². The number of halogens is 2. The Morgan fingerprint density at radius 3 is 2.86 bits per heavy atom. The Hall–Kier alpha value is -2.96. The molecule has 2 aromatic heterocycles. The van der Waals surface area contributed by atoms with E-state index in [0.29, 0.717) is 11.5 Å². The smallest absolute Gasteiger partial charge is 0.272 e. The molecule has 2 N–H and O–H groups in total. The zero-order valence-electron chi connectivity index (χ0n) is 11.3. The highest BCUT2D eigenvalue weighted by molar-refractivity contribution is 5.93. The quantitative estimate of drug-likeness (QED) is 0.778. The van der Waals surface area contributed by atoms with Crippen molar-refractivity contribution in [2.45, 2.75) is 6.54 Å². The first kappa shape index (κ1) is 14.0. The second-order valence-electron chi connectivity index (χ2n) is 4.56. The van der Waals surface area contributed by atoms with Crippen LogP contribution >= 0.6 is 0 Å². The summed E-state index contributed by atoms with van der Waals surface area (Å²) < 4.78 is 31.4. The molecule has 0 aliphatic heterocycles. The minimum absolute atomic E-state index is 0.0616. The van der Waals surface area contributed by atoms with Crippen LogP contribution in [0.25, 0.3) is 11.5 Å². The van der Waals surface area contributed by atoms with Gasteiger partial charge >= 0.3 is 0 Å². The number of benzene rings is 1. The minimum Gasteiger partial charge on any atom is -0.463 e. The molecule has 1 aromatic carbocycles. The van der Waals surface area contributed by atoms with Crippen molar-refractivity contribution in [3.63, 3.8) is 0 Å². The number of furan rings is 1. The van der Waals surface area contributed by atoms with Gasteiger partial charge in [-0.3, -0.25) is 9.89 Å². The third kappa shape index (κ3) is 2.88. The first-order valence-electron chi connectivity index (χ1n) is 6.45. The lowest BCUT2D eigenvalue weighted by molar-refractivity contribution is 0.0945. The number of aromatic nitrogens is 2. The summed E-state index contributed by atoms with van der Waals surface area (Å²) in [6.07, 6.45) is 1.51. The topological polar surface area (TPSA) is 70.9 Å². The van der Waals surface area contributed by atoms with Gasteiger partial charge in [-0.1, -0.05) is 6.07 Å². The molecule has 7 heteroatoms. The average molecular weight is 303 g/mol. The van der Waals surface area contributed by atoms with Crippen molar-refractivity contribution in [1.29, 1.82) is 0 Å². The molecular weight excluding hydrogens is 292 g/mol. The molecule has 0 spiro atoms. The molecular formula is C15H11F2N3O2. The number of H-pyrrole nitrogens is 1. The molecule has 0 saturated heterocycles. The maximum absolute atomic E-state index is 13.5. The van der Waals surface area contributed by atoms with Gasteiger partial charge in [-0.15, -0.1) is 0 Å². The number of rotatable bonds is 4. The van der Waals surface area contributed by atoms with Crippen molar-refractivity contribution in [3.05, 3.63) is 65.6 Å². The van der Waals surface area contributed by atoms with Gasteiger partial charge in [0.25, 0.3) is 5.91 Å². The molecule has 0 saturated carbocycles. The predicted octanol–water partition coefficient (Wildman–Crippen LogP) is 2.88. The van der Waals surface area contributed by atoms with Crippen LogP contribution in [0.5, 0.6) is 0 Å². The van der Waals surface area contributed by atoms with Crippen molar-refractivity contribution >= 4 is 5.91 Å². The normalized spacial score (nSPS) is 10.6. The molecule has 112 valence electrons. The Kier molecular flexibility index (Phi) is 3.69. The molecule has 0 bridgehead atoms. The first-order valence-corrected chi connectivity index (χ1v) is 6.45. The van der Waals surface area contributed by atoms with Gasteiger partial charge < -0.3 is 9.73 Å². The number of amides is 1. The molecule has 22 heavy (non-hydrogen) atoms. The third-order valence-corrected chi connectivity index (χ3v) is 3.05. The summed E-state index contributed by atoms with van der Waals surface area (Å²) >= 11 is 0. The van der Waals surface area contributed by atoms with Crippen LogP contribution in [0.15, 0.2) is 47.1 Å². The summed E-state index contributed by atoms with van der Waals surface area (Å²) in [7, 11) is 0. The van der Waals surface area contributed by atoms with E-state index in [4.69, 9.17) is 4.42 Å². The third-order valence-electron chi connectivity index (χ3n) is 3.05. The standard InChI is InChI=1S/C15H11F2N3O2/c16-10-4-3-9(11(17)6-10)8-18-15(21)13-7-12(19-20-13)14-2-1-5-22-14/h1-7H,8H2,(H,18,21)(H,19,20). The minimum atomic E-state index is -0.710. The number of nitrogens with zero attached hydrogens (tertiary/aromatic N) is 1. The second-order valence-corrected chi connectivity index (χ2v) is 4.56. The largest absolute Gasteiger partial charge is 0.463 e. The van der Waals surface area contributed by atoms with Gasteiger partial charge in [0.05, 0.1) is 6.26 Å². The monoisotopic (exact) mass is 303 g/mol. The summed E-state index contributed by atoms with van der Waals surface area (Å²) in [5.41, 5.74) is 0.897. The van der Waals surface area contributed by atoms with Crippen molar-refractivity contribution in [3.8, 4) is 11.5 Å². The Morgan fingerprint density at radius 2 is 2.14 bits per heavy atom. The molecule has 2 heterocycles. The number of carbonyl (C=O) groups is 1. The Balaban J connectivity index is 1.67. The van der Waals surface area contributed by atoms with Crippen molar-refractivity contribution in [2.75, 3.05) is 0 Å². The van der Waals surface area contributed by atoms with Crippen LogP contribution in [0, 0.1) is 11.6 Å². The molecule has 3 rings (SSSR count). The fourth-order valence-electron chi connectivity index (χ4n) is 1.93. The van der Waals surface area contributed by atoms with Crippen LogP contribution in [-0.4, -0.2) is 16.1 Å². The summed E-state index contributed by atoms with van der Waals surface area (Å²) in [5.74, 6) is -1.30. The molecule has 0 atom stereocenters. The highest BCUT2D eigenvalue weighted by Gasteiger charge is 2.13. The maximum atomic E-state index is 13.5. The van der Waals surface area contributed by atoms with E-state index in [2.05, 4.69) is 15.5 Å². The average Bonchev–Trinajstić information content (AvgIpc) is 3.17. The molecule has 0 radical (unpaired) electrons. The lowest BCUT2D eigenvalue weighted by Gasteiger charge is -2.04. The second kappa shape index (κ2) is 5.80. The van der Waals surface area contributed by atoms with E-state index in [1.807, 2.05) is 0 Å². The van der Waals surface area contributed by atoms with Gasteiger partial charge in [-0.2, -0.15) is 5.10 Å². The molecule has 0 fully saturated rings. The fraction of sp³-hybridized carbons (Fsp3) is 0.0667. The molecule has 1 amide bonds. The van der Waals surface area contributed by atoms with Crippen LogP contribution in [0.2, 0.25) is 0 Å². The van der Waals surface area contributed by atoms with Crippen LogP contribution in [0.1, 0.15) is 16.1 Å². The van der Waals surface area contributed by atoms with E-state index in [1.165, 1.54) is 18.4 Å². The lowest BCUT2D eigenvalue weighted by atomic mass is 10.2. The van der Waals surface area contributed by atoms with E-state index in [0.717, 1.165) is 12.1 Å². The predicted molar refractivity (Wildman–Crippen MR) is 73.8 cm³/mol. The van der Waals surface area contributed by atoms with Crippen molar-refractivity contribution in [1.82, 2.24) is 15.5 Å². The van der Waals surface area contributed by atoms with Gasteiger partial charge in [-0.25, -0.2) is 8.78 Å². The van der Waals surface area contributed by atoms with Gasteiger partial charge in [0, 0.05) is 24.2 Å². The lowest BCUT2D eigenvalue weighted by Crippen LogP contribution is -2.23. The van der Waals surface area contributed by atoms with Gasteiger partial charge in [0.1, 0.15) is 17.3 Å². The van der Waals surface area contributed by atoms with Crippen LogP contribution < -0.4 is 5.32 Å². The first-order chi connectivity index (χ1) is 10.6. The molecule has 3 aromatic rings. The van der Waals surface area contributed by atoms with Crippen molar-refractivity contribution < 1.29 is 18.0 Å². The van der Waals surface area contributed by atoms with E-state index in [1.54, 1.807) is 12.1 Å². The zero-order chi connectivity index (χ0) is 15.5. The Labute approximate surface area is 124 Å². The van der Waals surface area contributed by atoms with E-state index >= 15 is 0 Å². The highest BCUT2D eigenvalue weighted by atomic mass is 19.1. The summed E-state index contributed by atoms with van der Waals surface area (Å²) in [4.78, 5) is 12.0. The summed E-state index contributed by atoms with van der Waals surface area (Å²) in [6, 6.07) is 8.15. The van der Waals surface area contributed by atoms with Gasteiger partial charge in [0.15, 0.2) is 11.5 Å². The number of nitrogens with one attached hydrogen (secondary N) is 2. The van der Waals surface area contributed by atoms with Gasteiger partial charge in [0.2, 0.25) is 0 Å². The molecule has 0 unspecified atom stereocenters. The number of aromatic amines is 1. The Morgan fingerprint density at radius 1 is 1.27 bits per heavy atom. The zero-order valence-corrected chi connectivity index (χ0v) is 11.3. The van der Waals surface area contributed by atoms with Crippen molar-refractivity contribution in [2.24, 2.45) is 0 Å². The van der Waals surface area contributed by atoms with Crippen LogP contribution in [0.3, 0.4) is 0 Å².